The van der Waals surface area contributed by atoms with Crippen molar-refractivity contribution in [1.29, 1.82) is 0 Å². The third-order valence-corrected chi connectivity index (χ3v) is 4.63. The van der Waals surface area contributed by atoms with Gasteiger partial charge in [-0.05, 0) is 25.1 Å². The summed E-state index contributed by atoms with van der Waals surface area (Å²) in [6.07, 6.45) is -2.18. The summed E-state index contributed by atoms with van der Waals surface area (Å²) in [5.74, 6) is 0. The van der Waals surface area contributed by atoms with Crippen molar-refractivity contribution in [2.45, 2.75) is 18.6 Å². The number of nitrogens with one attached hydrogen (secondary N) is 1. The minimum absolute atomic E-state index is 0. The largest absolute Gasteiger partial charge is 0.416 e. The highest BCUT2D eigenvalue weighted by Gasteiger charge is 2.30. The first-order chi connectivity index (χ1) is 12.4. The first-order valence-electron chi connectivity index (χ1n) is 8.18. The van der Waals surface area contributed by atoms with E-state index in [9.17, 15) is 18.0 Å². The van der Waals surface area contributed by atoms with Crippen molar-refractivity contribution in [3.05, 3.63) is 46.5 Å². The number of aromatic nitrogens is 4. The molecule has 4 rings (SSSR count). The molecule has 144 valence electrons. The van der Waals surface area contributed by atoms with E-state index in [0.717, 1.165) is 25.1 Å². The van der Waals surface area contributed by atoms with Crippen LogP contribution in [0.2, 0.25) is 0 Å². The minimum Gasteiger partial charge on any atom is -0.315 e. The highest BCUT2D eigenvalue weighted by Crippen LogP contribution is 2.32. The molecule has 27 heavy (non-hydrogen) atoms. The van der Waals surface area contributed by atoms with Crippen molar-refractivity contribution in [1.82, 2.24) is 24.6 Å². The molecule has 1 N–H and O–H groups in total. The SMILES string of the molecule is Cl.Cn1cnc2c(-c3ccc(C(F)(F)F)cc3)nn(C3CCNC3)c2c1=O. The Kier molecular flexibility index (Phi) is 5.00. The molecule has 0 radical (unpaired) electrons. The van der Waals surface area contributed by atoms with Crippen molar-refractivity contribution >= 4 is 23.4 Å². The minimum atomic E-state index is -4.40. The normalized spacial score (nSPS) is 17.3. The van der Waals surface area contributed by atoms with Crippen LogP contribution in [-0.4, -0.2) is 32.4 Å². The van der Waals surface area contributed by atoms with E-state index in [1.165, 1.54) is 23.0 Å². The zero-order chi connectivity index (χ0) is 18.5. The Balaban J connectivity index is 0.00000210. The summed E-state index contributed by atoms with van der Waals surface area (Å²) in [7, 11) is 1.61. The second kappa shape index (κ2) is 6.97. The Labute approximate surface area is 158 Å². The van der Waals surface area contributed by atoms with Crippen LogP contribution in [0.15, 0.2) is 35.4 Å². The van der Waals surface area contributed by atoms with Gasteiger partial charge >= 0.3 is 6.18 Å². The van der Waals surface area contributed by atoms with E-state index in [1.807, 2.05) is 0 Å². The lowest BCUT2D eigenvalue weighted by atomic mass is 10.1. The highest BCUT2D eigenvalue weighted by atomic mass is 35.5. The van der Waals surface area contributed by atoms with Crippen molar-refractivity contribution in [3.8, 4) is 11.3 Å². The third kappa shape index (κ3) is 3.32. The first kappa shape index (κ1) is 19.4. The fourth-order valence-corrected chi connectivity index (χ4v) is 3.24. The zero-order valence-electron chi connectivity index (χ0n) is 14.3. The number of alkyl halides is 3. The molecular formula is C17H17ClF3N5O. The summed E-state index contributed by atoms with van der Waals surface area (Å²) in [5, 5.41) is 7.78. The number of aryl methyl sites for hydroxylation is 1. The third-order valence-electron chi connectivity index (χ3n) is 4.63. The van der Waals surface area contributed by atoms with Gasteiger partial charge in [-0.3, -0.25) is 9.48 Å². The standard InChI is InChI=1S/C17H16F3N5O.ClH/c1-24-9-22-14-13(10-2-4-11(5-3-10)17(18,19)20)23-25(15(14)16(24)26)12-6-7-21-8-12;/h2-5,9,12,21H,6-8H2,1H3;1H. The van der Waals surface area contributed by atoms with Gasteiger partial charge in [-0.2, -0.15) is 18.3 Å². The van der Waals surface area contributed by atoms with E-state index >= 15 is 0 Å². The molecule has 1 aliphatic heterocycles. The van der Waals surface area contributed by atoms with Crippen LogP contribution in [0.1, 0.15) is 18.0 Å². The number of hydrogen-bond acceptors (Lipinski definition) is 4. The fourth-order valence-electron chi connectivity index (χ4n) is 3.24. The predicted octanol–water partition coefficient (Wildman–Crippen LogP) is 2.77. The highest BCUT2D eigenvalue weighted by molar-refractivity contribution is 5.89. The Morgan fingerprint density at radius 2 is 1.93 bits per heavy atom. The molecule has 10 heteroatoms. The first-order valence-corrected chi connectivity index (χ1v) is 8.18. The van der Waals surface area contributed by atoms with Gasteiger partial charge in [0.05, 0.1) is 17.9 Å². The summed E-state index contributed by atoms with van der Waals surface area (Å²) in [6.45, 7) is 1.50. The Morgan fingerprint density at radius 3 is 2.52 bits per heavy atom. The lowest BCUT2D eigenvalue weighted by Crippen LogP contribution is -2.22. The van der Waals surface area contributed by atoms with Crippen LogP contribution in [0.4, 0.5) is 13.2 Å². The van der Waals surface area contributed by atoms with Crippen LogP contribution in [-0.2, 0) is 13.2 Å². The fraction of sp³-hybridized carbons (Fsp3) is 0.353. The van der Waals surface area contributed by atoms with Crippen LogP contribution in [0.5, 0.6) is 0 Å². The van der Waals surface area contributed by atoms with Crippen molar-refractivity contribution in [2.75, 3.05) is 13.1 Å². The second-order valence-corrected chi connectivity index (χ2v) is 6.37. The van der Waals surface area contributed by atoms with Gasteiger partial charge in [0.2, 0.25) is 0 Å². The van der Waals surface area contributed by atoms with Crippen LogP contribution in [0.25, 0.3) is 22.3 Å². The average Bonchev–Trinajstić information content (AvgIpc) is 3.25. The van der Waals surface area contributed by atoms with E-state index < -0.39 is 11.7 Å². The van der Waals surface area contributed by atoms with Crippen molar-refractivity contribution < 1.29 is 13.2 Å². The second-order valence-electron chi connectivity index (χ2n) is 6.37. The molecule has 3 heterocycles. The average molecular weight is 400 g/mol. The smallest absolute Gasteiger partial charge is 0.315 e. The monoisotopic (exact) mass is 399 g/mol. The summed E-state index contributed by atoms with van der Waals surface area (Å²) >= 11 is 0. The lowest BCUT2D eigenvalue weighted by molar-refractivity contribution is -0.137. The number of fused-ring (bicyclic) bond motifs is 1. The number of benzene rings is 1. The molecule has 2 aromatic heterocycles. The van der Waals surface area contributed by atoms with Crippen molar-refractivity contribution in [3.63, 3.8) is 0 Å². The molecule has 6 nitrogen and oxygen atoms in total. The zero-order valence-corrected chi connectivity index (χ0v) is 15.1. The van der Waals surface area contributed by atoms with Crippen LogP contribution in [0, 0.1) is 0 Å². The van der Waals surface area contributed by atoms with Crippen LogP contribution >= 0.6 is 12.4 Å². The van der Waals surface area contributed by atoms with Crippen molar-refractivity contribution in [2.24, 2.45) is 7.05 Å². The van der Waals surface area contributed by atoms with E-state index in [2.05, 4.69) is 15.4 Å². The molecule has 0 saturated carbocycles. The molecule has 1 atom stereocenters. The van der Waals surface area contributed by atoms with E-state index in [4.69, 9.17) is 0 Å². The summed E-state index contributed by atoms with van der Waals surface area (Å²) in [4.78, 5) is 16.9. The van der Waals surface area contributed by atoms with Gasteiger partial charge in [-0.1, -0.05) is 12.1 Å². The summed E-state index contributed by atoms with van der Waals surface area (Å²) in [5.41, 5.74) is 0.728. The molecule has 0 amide bonds. The summed E-state index contributed by atoms with van der Waals surface area (Å²) in [6, 6.07) is 4.76. The van der Waals surface area contributed by atoms with Gasteiger partial charge in [0.15, 0.2) is 5.52 Å². The van der Waals surface area contributed by atoms with Gasteiger partial charge in [0.25, 0.3) is 5.56 Å². The Morgan fingerprint density at radius 1 is 1.22 bits per heavy atom. The molecule has 1 saturated heterocycles. The van der Waals surface area contributed by atoms with E-state index in [-0.39, 0.29) is 24.0 Å². The topological polar surface area (TPSA) is 64.7 Å². The van der Waals surface area contributed by atoms with E-state index in [1.54, 1.807) is 11.7 Å². The van der Waals surface area contributed by atoms with Gasteiger partial charge < -0.3 is 9.88 Å². The maximum absolute atomic E-state index is 12.8. The number of nitrogens with zero attached hydrogens (tertiary/aromatic N) is 4. The quantitative estimate of drug-likeness (QED) is 0.719. The Hall–Kier alpha value is -2.39. The number of rotatable bonds is 2. The molecule has 0 bridgehead atoms. The number of halogens is 4. The van der Waals surface area contributed by atoms with Gasteiger partial charge in [0.1, 0.15) is 11.2 Å². The molecule has 0 spiro atoms. The Bertz CT molecular complexity index is 1020. The van der Waals surface area contributed by atoms with Crippen LogP contribution in [0.3, 0.4) is 0 Å². The molecule has 1 unspecified atom stereocenters. The molecule has 1 fully saturated rings. The van der Waals surface area contributed by atoms with Crippen LogP contribution < -0.4 is 10.9 Å². The van der Waals surface area contributed by atoms with Gasteiger partial charge in [-0.15, -0.1) is 12.4 Å². The maximum Gasteiger partial charge on any atom is 0.416 e. The maximum atomic E-state index is 12.8. The molecule has 1 aliphatic rings. The molecule has 3 aromatic rings. The van der Waals surface area contributed by atoms with Gasteiger partial charge in [-0.25, -0.2) is 4.98 Å². The lowest BCUT2D eigenvalue weighted by Gasteiger charge is -2.10. The van der Waals surface area contributed by atoms with Gasteiger partial charge in [0, 0.05) is 19.2 Å². The van der Waals surface area contributed by atoms with E-state index in [0.29, 0.717) is 28.8 Å². The molecule has 1 aromatic carbocycles. The summed E-state index contributed by atoms with van der Waals surface area (Å²) < 4.78 is 41.4. The number of hydrogen-bond donors (Lipinski definition) is 1. The molecule has 0 aliphatic carbocycles. The predicted molar refractivity (Wildman–Crippen MR) is 97.0 cm³/mol. The molecular weight excluding hydrogens is 383 g/mol.